The minimum Gasteiger partial charge on any atom is -0.508 e. The highest BCUT2D eigenvalue weighted by molar-refractivity contribution is 6.03. The van der Waals surface area contributed by atoms with Gasteiger partial charge in [-0.15, -0.1) is 6.58 Å². The zero-order valence-electron chi connectivity index (χ0n) is 33.9. The average Bonchev–Trinajstić information content (AvgIpc) is 3.26. The number of ether oxygens (including phenoxy) is 3. The maximum absolute atomic E-state index is 14.4. The van der Waals surface area contributed by atoms with Crippen LogP contribution in [0.3, 0.4) is 0 Å². The zero-order valence-corrected chi connectivity index (χ0v) is 33.9. The van der Waals surface area contributed by atoms with E-state index in [9.17, 15) is 30.2 Å². The lowest BCUT2D eigenvalue weighted by molar-refractivity contribution is -0.384. The van der Waals surface area contributed by atoms with Gasteiger partial charge in [-0.2, -0.15) is 0 Å². The third kappa shape index (κ3) is 8.61. The molecule has 0 saturated heterocycles. The fraction of sp³-hybridized carbons (Fsp3) is 0.404. The molecule has 0 spiro atoms. The predicted molar refractivity (Wildman–Crippen MR) is 226 cm³/mol. The van der Waals surface area contributed by atoms with E-state index in [0.29, 0.717) is 29.9 Å². The first-order valence-electron chi connectivity index (χ1n) is 20.7. The van der Waals surface area contributed by atoms with Gasteiger partial charge in [-0.05, 0) is 95.3 Å². The van der Waals surface area contributed by atoms with Crippen molar-refractivity contribution >= 4 is 28.3 Å². The van der Waals surface area contributed by atoms with Crippen LogP contribution in [0.15, 0.2) is 114 Å². The zero-order chi connectivity index (χ0) is 42.2. The first kappa shape index (κ1) is 42.4. The monoisotopic (exact) mass is 819 g/mol. The van der Waals surface area contributed by atoms with Gasteiger partial charge in [-0.3, -0.25) is 15.0 Å². The van der Waals surface area contributed by atoms with Crippen LogP contribution < -0.4 is 4.74 Å². The normalized spacial score (nSPS) is 23.5. The molecule has 13 heteroatoms. The van der Waals surface area contributed by atoms with Gasteiger partial charge in [0.15, 0.2) is 0 Å². The second-order valence-corrected chi connectivity index (χ2v) is 15.7. The van der Waals surface area contributed by atoms with E-state index in [1.165, 1.54) is 19.2 Å². The van der Waals surface area contributed by atoms with Crippen molar-refractivity contribution in [2.75, 3.05) is 26.9 Å². The molecule has 2 aliphatic carbocycles. The van der Waals surface area contributed by atoms with E-state index in [1.54, 1.807) is 41.3 Å². The van der Waals surface area contributed by atoms with Crippen LogP contribution >= 0.6 is 0 Å². The van der Waals surface area contributed by atoms with E-state index in [-0.39, 0.29) is 68.6 Å². The summed E-state index contributed by atoms with van der Waals surface area (Å²) in [6.07, 6.45) is 7.71. The molecule has 4 aromatic carbocycles. The summed E-state index contributed by atoms with van der Waals surface area (Å²) in [4.78, 5) is 33.0. The van der Waals surface area contributed by atoms with Crippen molar-refractivity contribution < 1.29 is 44.1 Å². The number of oxime groups is 1. The average molecular weight is 820 g/mol. The quantitative estimate of drug-likeness (QED) is 0.0382. The summed E-state index contributed by atoms with van der Waals surface area (Å²) in [6, 6.07) is 24.3. The molecule has 3 N–H and O–H groups in total. The number of non-ortho nitro benzene ring substituents is 1. The van der Waals surface area contributed by atoms with Crippen LogP contribution in [0.4, 0.5) is 10.5 Å². The van der Waals surface area contributed by atoms with E-state index < -0.39 is 28.8 Å². The number of amides is 1. The van der Waals surface area contributed by atoms with Gasteiger partial charge in [0.05, 0.1) is 36.8 Å². The number of aliphatic hydroxyl groups is 2. The number of fused-ring (bicyclic) bond motifs is 3. The standard InChI is InChI=1S/C47H53N3O10/c1-3-25-58-47-43(49(46(54)57-2)29-34-14-10-13-32-11-4-5-15-37(32)34)28-41(48-59-30-31-17-19-35(20-18-31)50(55)56)39-26-33(12-6-8-23-51)38(16-7-9-24-52)44(45(39)47)40-27-36(53)21-22-42(40)60-47/h3-5,10-11,13-15,17-22,26-27,33,38,43-45,51-53H,1,6-9,12,16,23-25,28-30H2,2H3. The molecule has 3 aliphatic rings. The van der Waals surface area contributed by atoms with Crippen LogP contribution in [0.25, 0.3) is 10.8 Å². The molecule has 1 aliphatic heterocycles. The van der Waals surface area contributed by atoms with Crippen LogP contribution in [0.5, 0.6) is 11.5 Å². The molecule has 0 radical (unpaired) electrons. The van der Waals surface area contributed by atoms with Crippen LogP contribution in [0, 0.1) is 27.9 Å². The van der Waals surface area contributed by atoms with Gasteiger partial charge in [0, 0.05) is 43.2 Å². The number of phenolic OH excluding ortho intramolecular Hbond substituents is 1. The number of phenols is 1. The van der Waals surface area contributed by atoms with Gasteiger partial charge in [0.2, 0.25) is 5.79 Å². The number of nitrogens with zero attached hydrogens (tertiary/aromatic N) is 3. The molecule has 1 amide bonds. The van der Waals surface area contributed by atoms with Crippen molar-refractivity contribution in [2.24, 2.45) is 22.9 Å². The minimum absolute atomic E-state index is 0.000659. The van der Waals surface area contributed by atoms with Crippen molar-refractivity contribution in [2.45, 2.75) is 75.8 Å². The van der Waals surface area contributed by atoms with Crippen molar-refractivity contribution in [3.8, 4) is 11.5 Å². The second-order valence-electron chi connectivity index (χ2n) is 15.7. The SMILES string of the molecule is C=CCOC12Oc3ccc(O)cc3C3C(CCCCO)C(CCCCO)C=C(C(=NOCc4ccc([N+](=O)[O-])cc4)CC1N(Cc1cccc4ccccc14)C(=O)OC)C32. The molecule has 60 heavy (non-hydrogen) atoms. The number of benzene rings is 4. The van der Waals surface area contributed by atoms with Crippen molar-refractivity contribution in [1.29, 1.82) is 0 Å². The minimum atomic E-state index is -1.52. The summed E-state index contributed by atoms with van der Waals surface area (Å²) in [6.45, 7) is 4.36. The van der Waals surface area contributed by atoms with Crippen molar-refractivity contribution in [1.82, 2.24) is 4.90 Å². The number of carbonyl (C=O) groups is 1. The molecule has 6 unspecified atom stereocenters. The highest BCUT2D eigenvalue weighted by atomic mass is 16.7. The summed E-state index contributed by atoms with van der Waals surface area (Å²) in [5.74, 6) is -1.83. The summed E-state index contributed by atoms with van der Waals surface area (Å²) < 4.78 is 19.8. The van der Waals surface area contributed by atoms with Crippen molar-refractivity contribution in [3.05, 3.63) is 136 Å². The molecule has 1 saturated carbocycles. The van der Waals surface area contributed by atoms with Gasteiger partial charge in [0.1, 0.15) is 24.1 Å². The van der Waals surface area contributed by atoms with E-state index >= 15 is 0 Å². The van der Waals surface area contributed by atoms with Crippen LogP contribution in [0.2, 0.25) is 0 Å². The lowest BCUT2D eigenvalue weighted by Crippen LogP contribution is -2.70. The molecule has 7 rings (SSSR count). The Bertz CT molecular complexity index is 2220. The number of rotatable bonds is 18. The number of aromatic hydroxyl groups is 1. The first-order chi connectivity index (χ1) is 29.2. The second kappa shape index (κ2) is 19.1. The number of aliphatic hydroxyl groups excluding tert-OH is 2. The Kier molecular flexibility index (Phi) is 13.5. The lowest BCUT2D eigenvalue weighted by Gasteiger charge is -2.59. The number of nitro benzene ring substituents is 1. The molecule has 4 aromatic rings. The molecule has 0 aromatic heterocycles. The fourth-order valence-electron chi connectivity index (χ4n) is 9.59. The Morgan fingerprint density at radius 1 is 1.02 bits per heavy atom. The van der Waals surface area contributed by atoms with E-state index in [1.807, 2.05) is 42.5 Å². The Morgan fingerprint density at radius 2 is 1.77 bits per heavy atom. The Morgan fingerprint density at radius 3 is 2.50 bits per heavy atom. The third-order valence-electron chi connectivity index (χ3n) is 12.2. The summed E-state index contributed by atoms with van der Waals surface area (Å²) in [5, 5.41) is 48.9. The number of methoxy groups -OCH3 is 1. The molecule has 13 nitrogen and oxygen atoms in total. The fourth-order valence-corrected chi connectivity index (χ4v) is 9.59. The summed E-state index contributed by atoms with van der Waals surface area (Å²) in [5.41, 5.74) is 3.75. The van der Waals surface area contributed by atoms with Crippen molar-refractivity contribution in [3.63, 3.8) is 0 Å². The van der Waals surface area contributed by atoms with E-state index in [2.05, 4.69) is 12.7 Å². The third-order valence-corrected chi connectivity index (χ3v) is 12.2. The summed E-state index contributed by atoms with van der Waals surface area (Å²) in [7, 11) is 1.35. The largest absolute Gasteiger partial charge is 0.508 e. The first-order valence-corrected chi connectivity index (χ1v) is 20.7. The van der Waals surface area contributed by atoms with Crippen LogP contribution in [-0.4, -0.2) is 75.7 Å². The van der Waals surface area contributed by atoms with E-state index in [0.717, 1.165) is 53.2 Å². The van der Waals surface area contributed by atoms with Gasteiger partial charge >= 0.3 is 6.09 Å². The smallest absolute Gasteiger partial charge is 0.410 e. The molecular formula is C47H53N3O10. The topological polar surface area (TPSA) is 173 Å². The highest BCUT2D eigenvalue weighted by Crippen LogP contribution is 2.62. The molecule has 6 atom stereocenters. The van der Waals surface area contributed by atoms with Gasteiger partial charge < -0.3 is 34.4 Å². The number of hydrogen-bond acceptors (Lipinski definition) is 11. The van der Waals surface area contributed by atoms with Gasteiger partial charge in [-0.25, -0.2) is 4.79 Å². The van der Waals surface area contributed by atoms with Gasteiger partial charge in [0.25, 0.3) is 5.69 Å². The van der Waals surface area contributed by atoms with Crippen LogP contribution in [0.1, 0.15) is 67.6 Å². The Hall–Kier alpha value is -5.76. The van der Waals surface area contributed by atoms with Crippen LogP contribution in [-0.2, 0) is 27.5 Å². The Balaban J connectivity index is 1.43. The maximum Gasteiger partial charge on any atom is 0.410 e. The van der Waals surface area contributed by atoms with Gasteiger partial charge in [-0.1, -0.05) is 72.6 Å². The highest BCUT2D eigenvalue weighted by Gasteiger charge is 2.65. The predicted octanol–water partition coefficient (Wildman–Crippen LogP) is 8.56. The molecule has 1 heterocycles. The lowest BCUT2D eigenvalue weighted by atomic mass is 9.55. The maximum atomic E-state index is 14.4. The number of hydrogen-bond donors (Lipinski definition) is 3. The summed E-state index contributed by atoms with van der Waals surface area (Å²) >= 11 is 0. The number of carbonyl (C=O) groups excluding carboxylic acids is 1. The molecule has 1 fully saturated rings. The number of allylic oxidation sites excluding steroid dienone is 1. The number of unbranched alkanes of at least 4 members (excludes halogenated alkanes) is 2. The molecule has 316 valence electrons. The number of nitro groups is 1. The molecular weight excluding hydrogens is 767 g/mol. The molecule has 0 bridgehead atoms. The Labute approximate surface area is 349 Å². The van der Waals surface area contributed by atoms with E-state index in [4.69, 9.17) is 24.2 Å².